The average molecular weight is 354 g/mol. The zero-order valence-corrected chi connectivity index (χ0v) is 15.6. The second-order valence-corrected chi connectivity index (χ2v) is 7.44. The fraction of sp³-hybridized carbons (Fsp3) is 0.409. The Morgan fingerprint density at radius 1 is 1.08 bits per heavy atom. The maximum atomic E-state index is 13.4. The van der Waals surface area contributed by atoms with Crippen molar-refractivity contribution in [3.05, 3.63) is 66.0 Å². The van der Waals surface area contributed by atoms with Gasteiger partial charge in [-0.3, -0.25) is 4.79 Å². The molecule has 3 rings (SSSR count). The van der Waals surface area contributed by atoms with Crippen molar-refractivity contribution >= 4 is 11.6 Å². The molecule has 1 saturated heterocycles. The number of nitrogens with zero attached hydrogens (tertiary/aromatic N) is 2. The van der Waals surface area contributed by atoms with Crippen LogP contribution in [0.2, 0.25) is 0 Å². The van der Waals surface area contributed by atoms with Gasteiger partial charge < -0.3 is 9.80 Å². The highest BCUT2D eigenvalue weighted by Crippen LogP contribution is 2.26. The van der Waals surface area contributed by atoms with Gasteiger partial charge in [-0.1, -0.05) is 32.0 Å². The van der Waals surface area contributed by atoms with Gasteiger partial charge in [-0.2, -0.15) is 0 Å². The van der Waals surface area contributed by atoms with E-state index in [2.05, 4.69) is 18.7 Å². The summed E-state index contributed by atoms with van der Waals surface area (Å²) in [5, 5.41) is 0. The monoisotopic (exact) mass is 354 g/mol. The highest BCUT2D eigenvalue weighted by molar-refractivity contribution is 6.06. The molecule has 0 bridgehead atoms. The summed E-state index contributed by atoms with van der Waals surface area (Å²) in [6.45, 7) is 7.53. The summed E-state index contributed by atoms with van der Waals surface area (Å²) in [4.78, 5) is 17.5. The second-order valence-electron chi connectivity index (χ2n) is 7.44. The standard InChI is InChI=1S/C22H27FN2O/c1-17(2)16-24-14-12-21(13-15-24)25(20-10-8-19(23)9-11-20)22(26)18-6-4-3-5-7-18/h3-11,17,21H,12-16H2,1-2H3. The molecule has 1 aliphatic heterocycles. The summed E-state index contributed by atoms with van der Waals surface area (Å²) in [6.07, 6.45) is 1.87. The first-order chi connectivity index (χ1) is 12.5. The van der Waals surface area contributed by atoms with Crippen LogP contribution in [-0.2, 0) is 0 Å². The molecule has 0 aromatic heterocycles. The summed E-state index contributed by atoms with van der Waals surface area (Å²) >= 11 is 0. The van der Waals surface area contributed by atoms with Crippen LogP contribution in [0.25, 0.3) is 0 Å². The Labute approximate surface area is 155 Å². The molecular formula is C22H27FN2O. The molecule has 3 nitrogen and oxygen atoms in total. The Morgan fingerprint density at radius 3 is 2.27 bits per heavy atom. The fourth-order valence-electron chi connectivity index (χ4n) is 3.69. The molecule has 4 heteroatoms. The molecule has 138 valence electrons. The van der Waals surface area contributed by atoms with Gasteiger partial charge in [0.05, 0.1) is 0 Å². The van der Waals surface area contributed by atoms with Gasteiger partial charge in [-0.05, 0) is 55.2 Å². The first-order valence-corrected chi connectivity index (χ1v) is 9.41. The fourth-order valence-corrected chi connectivity index (χ4v) is 3.69. The van der Waals surface area contributed by atoms with Crippen molar-refractivity contribution in [1.82, 2.24) is 4.90 Å². The molecule has 1 amide bonds. The van der Waals surface area contributed by atoms with Crippen LogP contribution in [0.15, 0.2) is 54.6 Å². The SMILES string of the molecule is CC(C)CN1CCC(N(C(=O)c2ccccc2)c2ccc(F)cc2)CC1. The molecule has 2 aromatic rings. The normalized spacial score (nSPS) is 16.0. The maximum absolute atomic E-state index is 13.4. The Bertz CT molecular complexity index is 707. The van der Waals surface area contributed by atoms with Crippen molar-refractivity contribution in [2.24, 2.45) is 5.92 Å². The van der Waals surface area contributed by atoms with E-state index in [4.69, 9.17) is 0 Å². The number of amides is 1. The highest BCUT2D eigenvalue weighted by Gasteiger charge is 2.30. The third kappa shape index (κ3) is 4.50. The highest BCUT2D eigenvalue weighted by atomic mass is 19.1. The van der Waals surface area contributed by atoms with E-state index in [0.29, 0.717) is 11.5 Å². The molecule has 2 aromatic carbocycles. The number of carbonyl (C=O) groups is 1. The summed E-state index contributed by atoms with van der Waals surface area (Å²) < 4.78 is 13.4. The quantitative estimate of drug-likeness (QED) is 0.784. The zero-order chi connectivity index (χ0) is 18.5. The third-order valence-electron chi connectivity index (χ3n) is 4.89. The number of halogens is 1. The van der Waals surface area contributed by atoms with Gasteiger partial charge >= 0.3 is 0 Å². The smallest absolute Gasteiger partial charge is 0.258 e. The number of carbonyl (C=O) groups excluding carboxylic acids is 1. The lowest BCUT2D eigenvalue weighted by Gasteiger charge is -2.39. The van der Waals surface area contributed by atoms with Gasteiger partial charge in [0.1, 0.15) is 5.82 Å². The molecule has 26 heavy (non-hydrogen) atoms. The lowest BCUT2D eigenvalue weighted by atomic mass is 10.00. The largest absolute Gasteiger partial charge is 0.305 e. The van der Waals surface area contributed by atoms with Crippen LogP contribution in [0, 0.1) is 11.7 Å². The minimum absolute atomic E-state index is 0.0143. The van der Waals surface area contributed by atoms with Crippen molar-refractivity contribution in [3.63, 3.8) is 0 Å². The van der Waals surface area contributed by atoms with Gasteiger partial charge in [0.2, 0.25) is 0 Å². The Balaban J connectivity index is 1.82. The van der Waals surface area contributed by atoms with Crippen molar-refractivity contribution in [2.75, 3.05) is 24.5 Å². The van der Waals surface area contributed by atoms with Gasteiger partial charge in [-0.25, -0.2) is 4.39 Å². The molecule has 0 saturated carbocycles. The van der Waals surface area contributed by atoms with Crippen molar-refractivity contribution in [2.45, 2.75) is 32.7 Å². The van der Waals surface area contributed by atoms with Gasteiger partial charge in [-0.15, -0.1) is 0 Å². The number of rotatable bonds is 5. The molecule has 0 unspecified atom stereocenters. The summed E-state index contributed by atoms with van der Waals surface area (Å²) in [6, 6.07) is 15.7. The Hall–Kier alpha value is -2.20. The van der Waals surface area contributed by atoms with E-state index in [1.54, 1.807) is 12.1 Å². The van der Waals surface area contributed by atoms with Crippen LogP contribution in [0.5, 0.6) is 0 Å². The van der Waals surface area contributed by atoms with Gasteiger partial charge in [0.15, 0.2) is 0 Å². The van der Waals surface area contributed by atoms with Crippen molar-refractivity contribution in [3.8, 4) is 0 Å². The molecule has 0 aliphatic carbocycles. The van der Waals surface area contributed by atoms with Crippen LogP contribution in [0.1, 0.15) is 37.0 Å². The Kier molecular flexibility index (Phi) is 6.04. The first-order valence-electron chi connectivity index (χ1n) is 9.41. The number of hydrogen-bond donors (Lipinski definition) is 0. The molecule has 0 N–H and O–H groups in total. The zero-order valence-electron chi connectivity index (χ0n) is 15.6. The van der Waals surface area contributed by atoms with E-state index >= 15 is 0 Å². The predicted molar refractivity (Wildman–Crippen MR) is 104 cm³/mol. The van der Waals surface area contributed by atoms with Crippen molar-refractivity contribution in [1.29, 1.82) is 0 Å². The number of benzene rings is 2. The third-order valence-corrected chi connectivity index (χ3v) is 4.89. The minimum Gasteiger partial charge on any atom is -0.305 e. The second kappa shape index (κ2) is 8.45. The maximum Gasteiger partial charge on any atom is 0.258 e. The van der Waals surface area contributed by atoms with E-state index in [9.17, 15) is 9.18 Å². The number of hydrogen-bond acceptors (Lipinski definition) is 2. The molecular weight excluding hydrogens is 327 g/mol. The van der Waals surface area contributed by atoms with E-state index < -0.39 is 0 Å². The van der Waals surface area contributed by atoms with Crippen LogP contribution >= 0.6 is 0 Å². The molecule has 0 spiro atoms. The van der Waals surface area contributed by atoms with Gasteiger partial charge in [0.25, 0.3) is 5.91 Å². The summed E-state index contributed by atoms with van der Waals surface area (Å²) in [7, 11) is 0. The predicted octanol–water partition coefficient (Wildman–Crippen LogP) is 4.59. The van der Waals surface area contributed by atoms with Crippen LogP contribution in [0.4, 0.5) is 10.1 Å². The van der Waals surface area contributed by atoms with Crippen LogP contribution in [-0.4, -0.2) is 36.5 Å². The number of piperidine rings is 1. The first kappa shape index (κ1) is 18.6. The summed E-state index contributed by atoms with van der Waals surface area (Å²) in [5.74, 6) is 0.345. The minimum atomic E-state index is -0.285. The van der Waals surface area contributed by atoms with Crippen LogP contribution in [0.3, 0.4) is 0 Å². The van der Waals surface area contributed by atoms with Gasteiger partial charge in [0, 0.05) is 36.9 Å². The molecule has 1 heterocycles. The van der Waals surface area contributed by atoms with Crippen LogP contribution < -0.4 is 4.90 Å². The lowest BCUT2D eigenvalue weighted by Crippen LogP contribution is -2.48. The van der Waals surface area contributed by atoms with E-state index in [-0.39, 0.29) is 17.8 Å². The molecule has 0 radical (unpaired) electrons. The van der Waals surface area contributed by atoms with Crippen molar-refractivity contribution < 1.29 is 9.18 Å². The topological polar surface area (TPSA) is 23.6 Å². The Morgan fingerprint density at radius 2 is 1.69 bits per heavy atom. The van der Waals surface area contributed by atoms with E-state index in [1.165, 1.54) is 12.1 Å². The number of likely N-dealkylation sites (tertiary alicyclic amines) is 1. The summed E-state index contributed by atoms with van der Waals surface area (Å²) in [5.41, 5.74) is 1.43. The average Bonchev–Trinajstić information content (AvgIpc) is 2.65. The molecule has 0 atom stereocenters. The number of anilines is 1. The van der Waals surface area contributed by atoms with E-state index in [0.717, 1.165) is 38.2 Å². The molecule has 1 fully saturated rings. The lowest BCUT2D eigenvalue weighted by molar-refractivity contribution is 0.0957. The molecule has 1 aliphatic rings. The van der Waals surface area contributed by atoms with E-state index in [1.807, 2.05) is 35.2 Å².